The molecule has 6 heteroatoms. The Morgan fingerprint density at radius 3 is 2.76 bits per heavy atom. The zero-order valence-electron chi connectivity index (χ0n) is 14.9. The fraction of sp³-hybridized carbons (Fsp3) is 0.474. The summed E-state index contributed by atoms with van der Waals surface area (Å²) in [7, 11) is 0. The molecule has 1 aromatic heterocycles. The highest BCUT2D eigenvalue weighted by atomic mass is 35.5. The second kappa shape index (κ2) is 7.83. The predicted octanol–water partition coefficient (Wildman–Crippen LogP) is 5.39. The van der Waals surface area contributed by atoms with E-state index < -0.39 is 0 Å². The van der Waals surface area contributed by atoms with E-state index in [9.17, 15) is 4.79 Å². The SMILES string of the molecule is Cc1nc(S[C@H](C)C(=O)Nc2cccc(Cl)c2)n(C2CCCC2)c1C. The van der Waals surface area contributed by atoms with Crippen molar-refractivity contribution in [2.45, 2.75) is 62.9 Å². The third-order valence-electron chi connectivity index (χ3n) is 4.79. The quantitative estimate of drug-likeness (QED) is 0.711. The summed E-state index contributed by atoms with van der Waals surface area (Å²) in [5, 5.41) is 4.26. The van der Waals surface area contributed by atoms with E-state index in [4.69, 9.17) is 16.6 Å². The van der Waals surface area contributed by atoms with Crippen LogP contribution in [0.2, 0.25) is 5.02 Å². The molecule has 1 heterocycles. The smallest absolute Gasteiger partial charge is 0.237 e. The van der Waals surface area contributed by atoms with Crippen LogP contribution in [0.1, 0.15) is 50.0 Å². The van der Waals surface area contributed by atoms with Crippen LogP contribution < -0.4 is 5.32 Å². The van der Waals surface area contributed by atoms with Gasteiger partial charge in [0.15, 0.2) is 5.16 Å². The number of amides is 1. The molecule has 1 aromatic carbocycles. The van der Waals surface area contributed by atoms with Crippen LogP contribution in [0.3, 0.4) is 0 Å². The van der Waals surface area contributed by atoms with E-state index in [0.29, 0.717) is 11.1 Å². The minimum atomic E-state index is -0.236. The average molecular weight is 378 g/mol. The lowest BCUT2D eigenvalue weighted by Crippen LogP contribution is -2.23. The van der Waals surface area contributed by atoms with Gasteiger partial charge in [0.1, 0.15) is 0 Å². The van der Waals surface area contributed by atoms with Crippen molar-refractivity contribution in [2.75, 3.05) is 5.32 Å². The Morgan fingerprint density at radius 2 is 2.08 bits per heavy atom. The van der Waals surface area contributed by atoms with Crippen molar-refractivity contribution in [1.82, 2.24) is 9.55 Å². The largest absolute Gasteiger partial charge is 0.325 e. The Bertz CT molecular complexity index is 768. The van der Waals surface area contributed by atoms with Crippen LogP contribution in [0.4, 0.5) is 5.69 Å². The Kier molecular flexibility index (Phi) is 5.74. The van der Waals surface area contributed by atoms with Gasteiger partial charge >= 0.3 is 0 Å². The van der Waals surface area contributed by atoms with Crippen LogP contribution in [0, 0.1) is 13.8 Å². The van der Waals surface area contributed by atoms with Crippen LogP contribution >= 0.6 is 23.4 Å². The second-order valence-corrected chi connectivity index (χ2v) is 8.38. The number of rotatable bonds is 5. The van der Waals surface area contributed by atoms with Gasteiger partial charge in [-0.2, -0.15) is 0 Å². The molecule has 1 saturated carbocycles. The topological polar surface area (TPSA) is 46.9 Å². The summed E-state index contributed by atoms with van der Waals surface area (Å²) in [6.07, 6.45) is 4.95. The first-order chi connectivity index (χ1) is 12.0. The molecule has 3 rings (SSSR count). The first-order valence-electron chi connectivity index (χ1n) is 8.74. The van der Waals surface area contributed by atoms with Gasteiger partial charge in [-0.05, 0) is 51.8 Å². The Morgan fingerprint density at radius 1 is 1.36 bits per heavy atom. The zero-order chi connectivity index (χ0) is 18.0. The number of hydrogen-bond acceptors (Lipinski definition) is 3. The molecule has 0 bridgehead atoms. The van der Waals surface area contributed by atoms with Gasteiger partial charge in [-0.25, -0.2) is 4.98 Å². The van der Waals surface area contributed by atoms with Crippen LogP contribution in [-0.2, 0) is 4.79 Å². The first-order valence-corrected chi connectivity index (χ1v) is 10.00. The van der Waals surface area contributed by atoms with Crippen LogP contribution in [0.25, 0.3) is 0 Å². The predicted molar refractivity (Wildman–Crippen MR) is 105 cm³/mol. The van der Waals surface area contributed by atoms with Crippen molar-refractivity contribution in [3.05, 3.63) is 40.7 Å². The van der Waals surface area contributed by atoms with E-state index >= 15 is 0 Å². The fourth-order valence-corrected chi connectivity index (χ4v) is 4.56. The highest BCUT2D eigenvalue weighted by molar-refractivity contribution is 8.00. The first kappa shape index (κ1) is 18.3. The highest BCUT2D eigenvalue weighted by Crippen LogP contribution is 2.36. The van der Waals surface area contributed by atoms with E-state index in [-0.39, 0.29) is 11.2 Å². The van der Waals surface area contributed by atoms with Crippen molar-refractivity contribution in [1.29, 1.82) is 0 Å². The maximum absolute atomic E-state index is 12.5. The molecule has 0 aliphatic heterocycles. The van der Waals surface area contributed by atoms with E-state index in [2.05, 4.69) is 16.8 Å². The molecule has 134 valence electrons. The normalized spacial score (nSPS) is 16.2. The van der Waals surface area contributed by atoms with E-state index in [0.717, 1.165) is 16.5 Å². The Balaban J connectivity index is 1.73. The molecular weight excluding hydrogens is 354 g/mol. The molecule has 1 atom stereocenters. The lowest BCUT2D eigenvalue weighted by Gasteiger charge is -2.18. The van der Waals surface area contributed by atoms with Crippen molar-refractivity contribution >= 4 is 35.0 Å². The minimum absolute atomic E-state index is 0.0384. The molecule has 0 spiro atoms. The number of aryl methyl sites for hydroxylation is 1. The number of imidazole rings is 1. The number of nitrogens with one attached hydrogen (secondary N) is 1. The van der Waals surface area contributed by atoms with Crippen LogP contribution in [0.15, 0.2) is 29.4 Å². The molecule has 0 radical (unpaired) electrons. The van der Waals surface area contributed by atoms with Crippen LogP contribution in [-0.4, -0.2) is 20.7 Å². The summed E-state index contributed by atoms with van der Waals surface area (Å²) in [4.78, 5) is 17.3. The third-order valence-corrected chi connectivity index (χ3v) is 6.09. The average Bonchev–Trinajstić information content (AvgIpc) is 3.16. The summed E-state index contributed by atoms with van der Waals surface area (Å²) >= 11 is 7.51. The van der Waals surface area contributed by atoms with Gasteiger partial charge in [0, 0.05) is 22.4 Å². The molecule has 4 nitrogen and oxygen atoms in total. The lowest BCUT2D eigenvalue weighted by molar-refractivity contribution is -0.115. The summed E-state index contributed by atoms with van der Waals surface area (Å²) in [6, 6.07) is 7.74. The number of halogens is 1. The second-order valence-electron chi connectivity index (χ2n) is 6.63. The number of benzene rings is 1. The number of aromatic nitrogens is 2. The van der Waals surface area contributed by atoms with Gasteiger partial charge in [-0.15, -0.1) is 0 Å². The molecule has 0 saturated heterocycles. The number of thioether (sulfide) groups is 1. The molecular formula is C19H24ClN3OS. The van der Waals surface area contributed by atoms with Crippen molar-refractivity contribution in [3.8, 4) is 0 Å². The molecule has 1 fully saturated rings. The number of anilines is 1. The van der Waals surface area contributed by atoms with Crippen LogP contribution in [0.5, 0.6) is 0 Å². The van der Waals surface area contributed by atoms with Gasteiger partial charge in [0.2, 0.25) is 5.91 Å². The number of carbonyl (C=O) groups excluding carboxylic acids is 1. The van der Waals surface area contributed by atoms with Gasteiger partial charge in [0.05, 0.1) is 10.9 Å². The summed E-state index contributed by atoms with van der Waals surface area (Å²) in [5.41, 5.74) is 2.99. The van der Waals surface area contributed by atoms with Gasteiger partial charge in [0.25, 0.3) is 0 Å². The summed E-state index contributed by atoms with van der Waals surface area (Å²) < 4.78 is 2.34. The molecule has 2 aromatic rings. The van der Waals surface area contributed by atoms with E-state index in [1.54, 1.807) is 12.1 Å². The molecule has 1 aliphatic carbocycles. The minimum Gasteiger partial charge on any atom is -0.325 e. The van der Waals surface area contributed by atoms with Crippen molar-refractivity contribution < 1.29 is 4.79 Å². The zero-order valence-corrected chi connectivity index (χ0v) is 16.5. The van der Waals surface area contributed by atoms with Gasteiger partial charge in [-0.3, -0.25) is 4.79 Å². The van der Waals surface area contributed by atoms with E-state index in [1.165, 1.54) is 43.1 Å². The van der Waals surface area contributed by atoms with Gasteiger partial charge < -0.3 is 9.88 Å². The molecule has 0 unspecified atom stereocenters. The van der Waals surface area contributed by atoms with Crippen molar-refractivity contribution in [2.24, 2.45) is 0 Å². The maximum atomic E-state index is 12.5. The summed E-state index contributed by atoms with van der Waals surface area (Å²) in [6.45, 7) is 6.09. The standard InChI is InChI=1S/C19H24ClN3OS/c1-12-13(2)23(17-9-4-5-10-17)19(21-12)25-14(3)18(24)22-16-8-6-7-15(20)11-16/h6-8,11,14,17H,4-5,9-10H2,1-3H3,(H,22,24)/t14-/m1/s1. The monoisotopic (exact) mass is 377 g/mol. The lowest BCUT2D eigenvalue weighted by atomic mass is 10.2. The number of hydrogen-bond donors (Lipinski definition) is 1. The van der Waals surface area contributed by atoms with Gasteiger partial charge in [-0.1, -0.05) is 42.3 Å². The maximum Gasteiger partial charge on any atom is 0.237 e. The Labute approximate surface area is 158 Å². The molecule has 1 amide bonds. The fourth-order valence-electron chi connectivity index (χ4n) is 3.29. The van der Waals surface area contributed by atoms with Crippen molar-refractivity contribution in [3.63, 3.8) is 0 Å². The number of carbonyl (C=O) groups is 1. The molecule has 1 N–H and O–H groups in total. The van der Waals surface area contributed by atoms with E-state index in [1.807, 2.05) is 26.0 Å². The third kappa shape index (κ3) is 4.21. The molecule has 1 aliphatic rings. The Hall–Kier alpha value is -1.46. The highest BCUT2D eigenvalue weighted by Gasteiger charge is 2.25. The summed E-state index contributed by atoms with van der Waals surface area (Å²) in [5.74, 6) is -0.0384. The number of nitrogens with zero attached hydrogens (tertiary/aromatic N) is 2. The molecule has 25 heavy (non-hydrogen) atoms.